The van der Waals surface area contributed by atoms with E-state index in [9.17, 15) is 22.4 Å². The number of carbonyl (C=O) groups excluding carboxylic acids is 2. The van der Waals surface area contributed by atoms with Crippen LogP contribution in [-0.4, -0.2) is 32.9 Å². The Morgan fingerprint density at radius 1 is 1.14 bits per heavy atom. The van der Waals surface area contributed by atoms with Gasteiger partial charge in [-0.2, -0.15) is 0 Å². The van der Waals surface area contributed by atoms with E-state index in [4.69, 9.17) is 14.6 Å². The van der Waals surface area contributed by atoms with Crippen LogP contribution >= 0.6 is 0 Å². The molecule has 0 radical (unpaired) electrons. The Labute approximate surface area is 211 Å². The van der Waals surface area contributed by atoms with Gasteiger partial charge in [0.2, 0.25) is 10.0 Å². The van der Waals surface area contributed by atoms with Crippen LogP contribution in [0.4, 0.5) is 4.39 Å². The molecule has 7 nitrogen and oxygen atoms in total. The van der Waals surface area contributed by atoms with Crippen molar-refractivity contribution in [1.82, 2.24) is 0 Å². The molecule has 9 heteroatoms. The maximum atomic E-state index is 14.1. The average Bonchev–Trinajstić information content (AvgIpc) is 3.20. The van der Waals surface area contributed by atoms with Crippen LogP contribution in [0.1, 0.15) is 64.7 Å². The molecule has 3 fully saturated rings. The molecule has 2 N–H and O–H groups in total. The van der Waals surface area contributed by atoms with E-state index in [-0.39, 0.29) is 29.7 Å². The first kappa shape index (κ1) is 25.4. The largest absolute Gasteiger partial charge is 0.482 e. The Balaban J connectivity index is 1.23. The first-order valence-corrected chi connectivity index (χ1v) is 14.5. The molecule has 4 aliphatic carbocycles. The van der Waals surface area contributed by atoms with E-state index in [0.717, 1.165) is 63.5 Å². The zero-order valence-electron chi connectivity index (χ0n) is 20.6. The summed E-state index contributed by atoms with van der Waals surface area (Å²) in [7, 11) is -4.18. The number of halogens is 1. The maximum absolute atomic E-state index is 14.1. The normalized spacial score (nSPS) is 33.7. The number of sulfonamides is 1. The molecule has 5 rings (SSSR count). The summed E-state index contributed by atoms with van der Waals surface area (Å²) in [6, 6.07) is 3.18. The molecule has 196 valence electrons. The number of ether oxygens (including phenoxy) is 2. The van der Waals surface area contributed by atoms with Crippen molar-refractivity contribution in [2.24, 2.45) is 34.2 Å². The van der Waals surface area contributed by atoms with Gasteiger partial charge < -0.3 is 9.47 Å². The third kappa shape index (κ3) is 4.49. The summed E-state index contributed by atoms with van der Waals surface area (Å²) in [6.45, 7) is 1.81. The summed E-state index contributed by atoms with van der Waals surface area (Å²) >= 11 is 0. The lowest BCUT2D eigenvalue weighted by Gasteiger charge is -2.54. The van der Waals surface area contributed by atoms with Gasteiger partial charge in [-0.1, -0.05) is 12.5 Å². The molecular weight excluding hydrogens is 485 g/mol. The molecule has 6 unspecified atom stereocenters. The van der Waals surface area contributed by atoms with Crippen molar-refractivity contribution in [3.63, 3.8) is 0 Å². The van der Waals surface area contributed by atoms with Gasteiger partial charge in [-0.3, -0.25) is 4.79 Å². The third-order valence-corrected chi connectivity index (χ3v) is 10.4. The molecule has 1 aromatic carbocycles. The Hall–Kier alpha value is -2.26. The SMILES string of the molecule is CCC12CCC3C4CCC(=O)C=C4CCC3C1CCC2OC(=O)COc1ccc(S(N)(=O)=O)c(F)c1. The van der Waals surface area contributed by atoms with E-state index in [0.29, 0.717) is 30.1 Å². The number of nitrogens with two attached hydrogens (primary N) is 1. The second-order valence-corrected chi connectivity index (χ2v) is 12.4. The van der Waals surface area contributed by atoms with Gasteiger partial charge in [0.1, 0.15) is 22.6 Å². The zero-order valence-corrected chi connectivity index (χ0v) is 21.4. The fourth-order valence-electron chi connectivity index (χ4n) is 7.92. The molecule has 0 aliphatic heterocycles. The Morgan fingerprint density at radius 3 is 2.67 bits per heavy atom. The lowest BCUT2D eigenvalue weighted by molar-refractivity contribution is -0.163. The van der Waals surface area contributed by atoms with Gasteiger partial charge in [-0.25, -0.2) is 22.7 Å². The van der Waals surface area contributed by atoms with Crippen molar-refractivity contribution in [1.29, 1.82) is 0 Å². The minimum atomic E-state index is -4.18. The number of hydrogen-bond acceptors (Lipinski definition) is 6. The summed E-state index contributed by atoms with van der Waals surface area (Å²) < 4.78 is 48.2. The third-order valence-electron chi connectivity index (χ3n) is 9.44. The van der Waals surface area contributed by atoms with Crippen LogP contribution in [0.3, 0.4) is 0 Å². The Bertz CT molecular complexity index is 1200. The predicted octanol–water partition coefficient (Wildman–Crippen LogP) is 4.30. The van der Waals surface area contributed by atoms with Crippen LogP contribution < -0.4 is 9.88 Å². The maximum Gasteiger partial charge on any atom is 0.344 e. The number of benzene rings is 1. The van der Waals surface area contributed by atoms with Crippen molar-refractivity contribution in [2.45, 2.75) is 75.7 Å². The summed E-state index contributed by atoms with van der Waals surface area (Å²) in [6.07, 6.45) is 10.4. The number of allylic oxidation sites excluding steroid dienone is 1. The van der Waals surface area contributed by atoms with Gasteiger partial charge >= 0.3 is 5.97 Å². The number of rotatable bonds is 6. The molecule has 0 aromatic heterocycles. The van der Waals surface area contributed by atoms with E-state index < -0.39 is 26.7 Å². The lowest BCUT2D eigenvalue weighted by Crippen LogP contribution is -2.49. The first-order valence-electron chi connectivity index (χ1n) is 13.0. The number of hydrogen-bond donors (Lipinski definition) is 1. The molecule has 6 atom stereocenters. The Kier molecular flexibility index (Phi) is 6.74. The van der Waals surface area contributed by atoms with Crippen molar-refractivity contribution in [3.05, 3.63) is 35.7 Å². The van der Waals surface area contributed by atoms with Gasteiger partial charge in [0.25, 0.3) is 0 Å². The monoisotopic (exact) mass is 519 g/mol. The van der Waals surface area contributed by atoms with Crippen LogP contribution in [0.5, 0.6) is 5.75 Å². The van der Waals surface area contributed by atoms with E-state index in [1.54, 1.807) is 0 Å². The molecule has 4 aliphatic rings. The molecular formula is C27H34FNO6S. The van der Waals surface area contributed by atoms with E-state index in [2.05, 4.69) is 6.92 Å². The molecule has 0 bridgehead atoms. The molecule has 0 amide bonds. The average molecular weight is 520 g/mol. The van der Waals surface area contributed by atoms with Crippen LogP contribution in [0.15, 0.2) is 34.7 Å². The molecule has 0 saturated heterocycles. The molecule has 0 heterocycles. The van der Waals surface area contributed by atoms with Crippen LogP contribution in [0.25, 0.3) is 0 Å². The highest BCUT2D eigenvalue weighted by atomic mass is 32.2. The van der Waals surface area contributed by atoms with Gasteiger partial charge in [-0.05, 0) is 93.2 Å². The smallest absolute Gasteiger partial charge is 0.344 e. The van der Waals surface area contributed by atoms with Crippen LogP contribution in [-0.2, 0) is 24.3 Å². The van der Waals surface area contributed by atoms with E-state index in [1.807, 2.05) is 6.08 Å². The Morgan fingerprint density at radius 2 is 1.94 bits per heavy atom. The molecule has 0 spiro atoms. The number of esters is 1. The summed E-state index contributed by atoms with van der Waals surface area (Å²) in [4.78, 5) is 24.0. The standard InChI is InChI=1S/C27H34FNO6S/c1-2-27-12-11-20-19-7-4-17(30)13-16(19)3-6-21(20)22(27)8-10-25(27)35-26(31)15-34-18-5-9-24(23(28)14-18)36(29,32)33/h5,9,13-14,19-22,25H,2-4,6-8,10-12,15H2,1H3,(H2,29,32,33). The number of primary sulfonamides is 1. The molecule has 36 heavy (non-hydrogen) atoms. The lowest BCUT2D eigenvalue weighted by atomic mass is 9.51. The van der Waals surface area contributed by atoms with Gasteiger partial charge in [0.05, 0.1) is 0 Å². The highest BCUT2D eigenvalue weighted by Crippen LogP contribution is 2.63. The van der Waals surface area contributed by atoms with Crippen molar-refractivity contribution in [2.75, 3.05) is 6.61 Å². The number of fused-ring (bicyclic) bond motifs is 5. The predicted molar refractivity (Wildman–Crippen MR) is 130 cm³/mol. The van der Waals surface area contributed by atoms with Gasteiger partial charge in [0, 0.05) is 17.9 Å². The van der Waals surface area contributed by atoms with Crippen LogP contribution in [0.2, 0.25) is 0 Å². The fourth-order valence-corrected chi connectivity index (χ4v) is 8.51. The fraction of sp³-hybridized carbons (Fsp3) is 0.630. The number of ketones is 1. The zero-order chi connectivity index (χ0) is 25.7. The van der Waals surface area contributed by atoms with Crippen molar-refractivity contribution in [3.8, 4) is 5.75 Å². The number of carbonyl (C=O) groups is 2. The van der Waals surface area contributed by atoms with E-state index >= 15 is 0 Å². The highest BCUT2D eigenvalue weighted by Gasteiger charge is 2.58. The van der Waals surface area contributed by atoms with Gasteiger partial charge in [0.15, 0.2) is 12.4 Å². The summed E-state index contributed by atoms with van der Waals surface area (Å²) in [5.41, 5.74) is 1.33. The molecule has 1 aromatic rings. The summed E-state index contributed by atoms with van der Waals surface area (Å²) in [5, 5.41) is 4.98. The molecule has 3 saturated carbocycles. The minimum Gasteiger partial charge on any atom is -0.482 e. The van der Waals surface area contributed by atoms with Gasteiger partial charge in [-0.15, -0.1) is 0 Å². The first-order chi connectivity index (χ1) is 17.1. The van der Waals surface area contributed by atoms with Crippen molar-refractivity contribution < 1.29 is 31.9 Å². The topological polar surface area (TPSA) is 113 Å². The summed E-state index contributed by atoms with van der Waals surface area (Å²) in [5.74, 6) is 1.04. The second kappa shape index (κ2) is 9.56. The van der Waals surface area contributed by atoms with E-state index in [1.165, 1.54) is 11.6 Å². The van der Waals surface area contributed by atoms with Crippen molar-refractivity contribution >= 4 is 21.8 Å². The highest BCUT2D eigenvalue weighted by molar-refractivity contribution is 7.89. The minimum absolute atomic E-state index is 0.0314. The van der Waals surface area contributed by atoms with Crippen LogP contribution in [0, 0.1) is 34.9 Å². The quantitative estimate of drug-likeness (QED) is 0.561. The second-order valence-electron chi connectivity index (χ2n) is 10.9.